The van der Waals surface area contributed by atoms with Gasteiger partial charge < -0.3 is 10.2 Å². The Hall–Kier alpha value is -0.760. The van der Waals surface area contributed by atoms with E-state index in [1.54, 1.807) is 23.5 Å². The first-order valence-electron chi connectivity index (χ1n) is 9.63. The summed E-state index contributed by atoms with van der Waals surface area (Å²) in [7, 11) is 0. The van der Waals surface area contributed by atoms with Gasteiger partial charge in [-0.2, -0.15) is 0 Å². The van der Waals surface area contributed by atoms with Gasteiger partial charge in [0.1, 0.15) is 0 Å². The molecule has 0 saturated carbocycles. The van der Waals surface area contributed by atoms with Crippen LogP contribution in [0.2, 0.25) is 0 Å². The average Bonchev–Trinajstić information content (AvgIpc) is 2.77. The summed E-state index contributed by atoms with van der Waals surface area (Å²) in [6, 6.07) is 23.5. The zero-order valence-electron chi connectivity index (χ0n) is 16.6. The van der Waals surface area contributed by atoms with E-state index in [0.29, 0.717) is 11.5 Å². The topological polar surface area (TPSA) is 40.5 Å². The molecule has 0 atom stereocenters. The second-order valence-electron chi connectivity index (χ2n) is 6.93. The molecule has 0 aliphatic carbocycles. The van der Waals surface area contributed by atoms with Crippen molar-refractivity contribution >= 4 is 55.4 Å². The first-order chi connectivity index (χ1) is 14.5. The first-order valence-corrected chi connectivity index (χ1v) is 13.2. The molecule has 0 heterocycles. The summed E-state index contributed by atoms with van der Waals surface area (Å²) in [5, 5.41) is 18.3. The molecule has 2 N–H and O–H groups in total. The second-order valence-corrected chi connectivity index (χ2v) is 10.9. The van der Waals surface area contributed by atoms with E-state index in [0.717, 1.165) is 18.7 Å². The van der Waals surface area contributed by atoms with Gasteiger partial charge in [0.05, 0.1) is 13.2 Å². The molecule has 0 unspecified atom stereocenters. The number of aliphatic hydroxyl groups excluding tert-OH is 2. The first kappa shape index (κ1) is 23.9. The van der Waals surface area contributed by atoms with Crippen molar-refractivity contribution in [2.24, 2.45) is 0 Å². The lowest BCUT2D eigenvalue weighted by molar-refractivity contribution is 0.322. The van der Waals surface area contributed by atoms with Crippen LogP contribution < -0.4 is 0 Å². The highest BCUT2D eigenvalue weighted by molar-refractivity contribution is 9.10. The summed E-state index contributed by atoms with van der Waals surface area (Å²) in [6.07, 6.45) is 0. The van der Waals surface area contributed by atoms with Crippen molar-refractivity contribution in [1.29, 1.82) is 0 Å². The highest BCUT2D eigenvalue weighted by Gasteiger charge is 2.32. The maximum atomic E-state index is 9.15. The number of benzene rings is 3. The molecular weight excluding hydrogens is 544 g/mol. The normalized spacial score (nSPS) is 11.6. The molecule has 2 nitrogen and oxygen atoms in total. The zero-order valence-corrected chi connectivity index (χ0v) is 21.5. The summed E-state index contributed by atoms with van der Waals surface area (Å²) in [5.74, 6) is 1.35. The fourth-order valence-corrected chi connectivity index (χ4v) is 6.23. The van der Waals surface area contributed by atoms with Crippen LogP contribution in [0.4, 0.5) is 0 Å². The second kappa shape index (κ2) is 11.2. The van der Waals surface area contributed by atoms with E-state index in [9.17, 15) is 0 Å². The Morgan fingerprint density at radius 3 is 1.57 bits per heavy atom. The predicted octanol–water partition coefficient (Wildman–Crippen LogP) is 6.73. The van der Waals surface area contributed by atoms with E-state index in [-0.39, 0.29) is 18.6 Å². The van der Waals surface area contributed by atoms with Crippen LogP contribution in [0.15, 0.2) is 85.5 Å². The summed E-state index contributed by atoms with van der Waals surface area (Å²) in [5.41, 5.74) is 3.26. The van der Waals surface area contributed by atoms with E-state index in [2.05, 4.69) is 99.4 Å². The van der Waals surface area contributed by atoms with Gasteiger partial charge in [-0.05, 0) is 79.7 Å². The molecule has 0 aromatic heterocycles. The minimum absolute atomic E-state index is 0.162. The number of hydrogen-bond acceptors (Lipinski definition) is 4. The van der Waals surface area contributed by atoms with Crippen molar-refractivity contribution in [3.63, 3.8) is 0 Å². The molecule has 0 spiro atoms. The predicted molar refractivity (Wildman–Crippen MR) is 136 cm³/mol. The molecule has 0 fully saturated rings. The van der Waals surface area contributed by atoms with Gasteiger partial charge in [0.15, 0.2) is 0 Å². The van der Waals surface area contributed by atoms with Crippen LogP contribution in [0.5, 0.6) is 0 Å². The van der Waals surface area contributed by atoms with Gasteiger partial charge in [-0.25, -0.2) is 0 Å². The maximum absolute atomic E-state index is 9.15. The van der Waals surface area contributed by atoms with Crippen molar-refractivity contribution in [2.45, 2.75) is 22.1 Å². The maximum Gasteiger partial charge on any atom is 0.0525 e. The molecule has 30 heavy (non-hydrogen) atoms. The molecular formula is C24H24Br2O2S2. The number of thioether (sulfide) groups is 2. The van der Waals surface area contributed by atoms with E-state index in [1.165, 1.54) is 16.7 Å². The molecule has 0 amide bonds. The van der Waals surface area contributed by atoms with Crippen molar-refractivity contribution < 1.29 is 10.2 Å². The Balaban J connectivity index is 2.10. The van der Waals surface area contributed by atoms with Crippen LogP contribution in [0.3, 0.4) is 0 Å². The molecule has 0 aliphatic rings. The standard InChI is InChI=1S/C24H24Br2O2S2/c1-24(17-5-3-2-4-6-17,18-7-9-22(20(25)15-18)29-13-11-27)19-8-10-23(21(26)16-19)30-14-12-28/h2-10,15-16,27-28H,11-14H2,1H3. The lowest BCUT2D eigenvalue weighted by Gasteiger charge is -2.33. The minimum Gasteiger partial charge on any atom is -0.396 e. The fraction of sp³-hybridized carbons (Fsp3) is 0.250. The van der Waals surface area contributed by atoms with Gasteiger partial charge in [0, 0.05) is 35.7 Å². The Bertz CT molecular complexity index is 923. The molecule has 3 aromatic rings. The average molecular weight is 568 g/mol. The monoisotopic (exact) mass is 566 g/mol. The molecule has 3 rings (SSSR count). The third-order valence-electron chi connectivity index (χ3n) is 5.07. The van der Waals surface area contributed by atoms with E-state index >= 15 is 0 Å². The zero-order chi connectivity index (χ0) is 21.6. The van der Waals surface area contributed by atoms with Crippen LogP contribution >= 0.6 is 55.4 Å². The van der Waals surface area contributed by atoms with Crippen molar-refractivity contribution in [3.05, 3.63) is 92.4 Å². The van der Waals surface area contributed by atoms with Crippen molar-refractivity contribution in [1.82, 2.24) is 0 Å². The molecule has 158 valence electrons. The molecule has 6 heteroatoms. The largest absolute Gasteiger partial charge is 0.396 e. The summed E-state index contributed by atoms with van der Waals surface area (Å²) >= 11 is 10.7. The van der Waals surface area contributed by atoms with Gasteiger partial charge in [-0.15, -0.1) is 23.5 Å². The van der Waals surface area contributed by atoms with Crippen molar-refractivity contribution in [3.8, 4) is 0 Å². The number of hydrogen-bond donors (Lipinski definition) is 2. The minimum atomic E-state index is -0.341. The smallest absolute Gasteiger partial charge is 0.0525 e. The summed E-state index contributed by atoms with van der Waals surface area (Å²) in [6.45, 7) is 2.58. The van der Waals surface area contributed by atoms with E-state index < -0.39 is 0 Å². The Morgan fingerprint density at radius 2 is 1.17 bits per heavy atom. The number of aliphatic hydroxyl groups is 2. The van der Waals surface area contributed by atoms with Crippen LogP contribution in [0, 0.1) is 0 Å². The van der Waals surface area contributed by atoms with Crippen molar-refractivity contribution in [2.75, 3.05) is 24.7 Å². The van der Waals surface area contributed by atoms with E-state index in [1.807, 2.05) is 6.07 Å². The Morgan fingerprint density at radius 1 is 0.700 bits per heavy atom. The van der Waals surface area contributed by atoms with Gasteiger partial charge in [0.25, 0.3) is 0 Å². The Labute approximate surface area is 203 Å². The molecule has 0 radical (unpaired) electrons. The third-order valence-corrected chi connectivity index (χ3v) is 9.01. The van der Waals surface area contributed by atoms with Crippen LogP contribution in [0.1, 0.15) is 23.6 Å². The highest BCUT2D eigenvalue weighted by Crippen LogP contribution is 2.43. The molecule has 0 bridgehead atoms. The number of halogens is 2. The number of rotatable bonds is 9. The van der Waals surface area contributed by atoms with Gasteiger partial charge in [-0.3, -0.25) is 0 Å². The van der Waals surface area contributed by atoms with E-state index in [4.69, 9.17) is 10.2 Å². The molecule has 3 aromatic carbocycles. The fourth-order valence-electron chi connectivity index (χ4n) is 3.44. The van der Waals surface area contributed by atoms with Crippen LogP contribution in [0.25, 0.3) is 0 Å². The highest BCUT2D eigenvalue weighted by atomic mass is 79.9. The quantitative estimate of drug-likeness (QED) is 0.222. The molecule has 0 saturated heterocycles. The lowest BCUT2D eigenvalue weighted by atomic mass is 9.71. The van der Waals surface area contributed by atoms with Gasteiger partial charge >= 0.3 is 0 Å². The molecule has 0 aliphatic heterocycles. The summed E-state index contributed by atoms with van der Waals surface area (Å²) < 4.78 is 2.07. The lowest BCUT2D eigenvalue weighted by Crippen LogP contribution is -2.25. The van der Waals surface area contributed by atoms with Gasteiger partial charge in [0.2, 0.25) is 0 Å². The van der Waals surface area contributed by atoms with Gasteiger partial charge in [-0.1, -0.05) is 42.5 Å². The van der Waals surface area contributed by atoms with Crippen LogP contribution in [-0.2, 0) is 5.41 Å². The third kappa shape index (κ3) is 5.34. The summed E-state index contributed by atoms with van der Waals surface area (Å²) in [4.78, 5) is 2.25. The van der Waals surface area contributed by atoms with Crippen LogP contribution in [-0.4, -0.2) is 34.9 Å². The SMILES string of the molecule is CC(c1ccccc1)(c1ccc(SCCO)c(Br)c1)c1ccc(SCCO)c(Br)c1. The Kier molecular flexibility index (Phi) is 8.93.